The van der Waals surface area contributed by atoms with Crippen LogP contribution in [-0.2, 0) is 19.5 Å². The van der Waals surface area contributed by atoms with Gasteiger partial charge in [0.05, 0.1) is 31.5 Å². The van der Waals surface area contributed by atoms with Crippen LogP contribution in [0.4, 0.5) is 0 Å². The van der Waals surface area contributed by atoms with Crippen molar-refractivity contribution in [3.8, 4) is 11.5 Å². The lowest BCUT2D eigenvalue weighted by Gasteiger charge is -2.30. The van der Waals surface area contributed by atoms with E-state index < -0.39 is 0 Å². The van der Waals surface area contributed by atoms with E-state index in [0.29, 0.717) is 24.6 Å². The minimum Gasteiger partial charge on any atom is -0.493 e. The summed E-state index contributed by atoms with van der Waals surface area (Å²) in [4.78, 5) is 21.3. The number of hydrogen-bond donors (Lipinski definition) is 0. The fourth-order valence-corrected chi connectivity index (χ4v) is 5.10. The Labute approximate surface area is 211 Å². The van der Waals surface area contributed by atoms with Crippen LogP contribution in [0.5, 0.6) is 11.5 Å². The molecule has 184 valence electrons. The summed E-state index contributed by atoms with van der Waals surface area (Å²) >= 11 is 0. The molecule has 1 aliphatic heterocycles. The second kappa shape index (κ2) is 10.4. The third-order valence-corrected chi connectivity index (χ3v) is 6.86. The van der Waals surface area contributed by atoms with Crippen LogP contribution in [0.2, 0.25) is 0 Å². The first-order valence-corrected chi connectivity index (χ1v) is 12.2. The van der Waals surface area contributed by atoms with Gasteiger partial charge in [0.1, 0.15) is 5.82 Å². The summed E-state index contributed by atoms with van der Waals surface area (Å²) in [6.45, 7) is 4.06. The Hall–Kier alpha value is -3.90. The van der Waals surface area contributed by atoms with Crippen LogP contribution >= 0.6 is 0 Å². The second-order valence-electron chi connectivity index (χ2n) is 9.13. The van der Waals surface area contributed by atoms with Crippen molar-refractivity contribution in [2.24, 2.45) is 0 Å². The number of aryl methyl sites for hydroxylation is 1. The van der Waals surface area contributed by atoms with Crippen molar-refractivity contribution < 1.29 is 9.47 Å². The molecule has 36 heavy (non-hydrogen) atoms. The molecule has 0 spiro atoms. The lowest BCUT2D eigenvalue weighted by atomic mass is 9.97. The number of rotatable bonds is 7. The molecule has 0 atom stereocenters. The van der Waals surface area contributed by atoms with Crippen LogP contribution in [0, 0.1) is 6.92 Å². The number of hydrogen-bond acceptors (Lipinski definition) is 5. The van der Waals surface area contributed by atoms with Gasteiger partial charge in [-0.3, -0.25) is 14.3 Å². The monoisotopic (exact) mass is 481 g/mol. The molecule has 4 aromatic rings. The van der Waals surface area contributed by atoms with Crippen LogP contribution < -0.4 is 15.0 Å². The molecule has 1 aromatic heterocycles. The predicted molar refractivity (Wildman–Crippen MR) is 141 cm³/mol. The highest BCUT2D eigenvalue weighted by Gasteiger charge is 2.27. The number of benzene rings is 3. The number of nitrogens with zero attached hydrogens (tertiary/aromatic N) is 3. The van der Waals surface area contributed by atoms with Crippen molar-refractivity contribution in [3.05, 3.63) is 123 Å². The summed E-state index contributed by atoms with van der Waals surface area (Å²) in [6.07, 6.45) is 0.751. The van der Waals surface area contributed by atoms with Crippen molar-refractivity contribution in [2.75, 3.05) is 20.8 Å². The molecule has 2 heterocycles. The van der Waals surface area contributed by atoms with Crippen LogP contribution in [0.3, 0.4) is 0 Å². The van der Waals surface area contributed by atoms with Crippen molar-refractivity contribution in [1.29, 1.82) is 0 Å². The van der Waals surface area contributed by atoms with Crippen LogP contribution in [0.15, 0.2) is 83.7 Å². The maximum absolute atomic E-state index is 14.1. The summed E-state index contributed by atoms with van der Waals surface area (Å²) in [5.74, 6) is 2.16. The number of ether oxygens (including phenoxy) is 2. The van der Waals surface area contributed by atoms with Gasteiger partial charge in [-0.15, -0.1) is 0 Å². The van der Waals surface area contributed by atoms with Gasteiger partial charge >= 0.3 is 0 Å². The highest BCUT2D eigenvalue weighted by atomic mass is 16.5. The lowest BCUT2D eigenvalue weighted by molar-refractivity contribution is 0.239. The number of aromatic nitrogens is 2. The van der Waals surface area contributed by atoms with Gasteiger partial charge in [0, 0.05) is 26.1 Å². The fraction of sp³-hybridized carbons (Fsp3) is 0.267. The molecule has 6 nitrogen and oxygen atoms in total. The van der Waals surface area contributed by atoms with Crippen LogP contribution in [0.1, 0.15) is 39.8 Å². The third-order valence-electron chi connectivity index (χ3n) is 6.86. The molecule has 6 heteroatoms. The minimum atomic E-state index is -0.237. The van der Waals surface area contributed by atoms with Crippen LogP contribution in [-0.4, -0.2) is 35.2 Å². The van der Waals surface area contributed by atoms with Crippen LogP contribution in [0.25, 0.3) is 0 Å². The van der Waals surface area contributed by atoms with Gasteiger partial charge in [0.15, 0.2) is 11.5 Å². The van der Waals surface area contributed by atoms with E-state index in [1.165, 1.54) is 0 Å². The standard InChI is InChI=1S/C30H31N3O3/c1-21-31-26-16-17-32(19-22-14-15-27(35-2)28(18-22)36-3)20-25(26)30(34)33(21)29(23-10-6-4-7-11-23)24-12-8-5-9-13-24/h4-15,18,29H,16-17,19-20H2,1-3H3. The topological polar surface area (TPSA) is 56.6 Å². The van der Waals surface area contributed by atoms with Crippen molar-refractivity contribution >= 4 is 0 Å². The Balaban J connectivity index is 1.51. The van der Waals surface area contributed by atoms with Gasteiger partial charge in [-0.05, 0) is 35.7 Å². The largest absolute Gasteiger partial charge is 0.493 e. The van der Waals surface area contributed by atoms with Crippen molar-refractivity contribution in [2.45, 2.75) is 32.5 Å². The van der Waals surface area contributed by atoms with E-state index in [1.54, 1.807) is 14.2 Å². The van der Waals surface area contributed by atoms with Gasteiger partial charge in [-0.25, -0.2) is 4.98 Å². The number of fused-ring (bicyclic) bond motifs is 1. The predicted octanol–water partition coefficient (Wildman–Crippen LogP) is 4.76. The summed E-state index contributed by atoms with van der Waals surface area (Å²) in [5.41, 5.74) is 4.97. The molecule has 0 unspecified atom stereocenters. The SMILES string of the molecule is COc1ccc(CN2CCc3nc(C)n(C(c4ccccc4)c4ccccc4)c(=O)c3C2)cc1OC. The molecular weight excluding hydrogens is 450 g/mol. The molecule has 1 aliphatic rings. The first-order valence-electron chi connectivity index (χ1n) is 12.2. The van der Waals surface area contributed by atoms with E-state index >= 15 is 0 Å². The minimum absolute atomic E-state index is 0.0345. The van der Waals surface area contributed by atoms with Gasteiger partial charge < -0.3 is 9.47 Å². The highest BCUT2D eigenvalue weighted by molar-refractivity contribution is 5.43. The normalized spacial score (nSPS) is 13.4. The second-order valence-corrected chi connectivity index (χ2v) is 9.13. The third kappa shape index (κ3) is 4.64. The summed E-state index contributed by atoms with van der Waals surface area (Å²) in [5, 5.41) is 0. The Kier molecular flexibility index (Phi) is 6.87. The maximum atomic E-state index is 14.1. The molecule has 0 aliphatic carbocycles. The molecule has 0 fully saturated rings. The Morgan fingerprint density at radius 2 is 1.53 bits per heavy atom. The van der Waals surface area contributed by atoms with E-state index in [0.717, 1.165) is 46.7 Å². The first kappa shape index (κ1) is 23.8. The average Bonchev–Trinajstić information content (AvgIpc) is 2.92. The molecule has 0 saturated heterocycles. The van der Waals surface area contributed by atoms with E-state index in [9.17, 15) is 4.79 Å². The Bertz CT molecular complexity index is 1360. The zero-order valence-electron chi connectivity index (χ0n) is 21.0. The smallest absolute Gasteiger partial charge is 0.259 e. The van der Waals surface area contributed by atoms with E-state index in [4.69, 9.17) is 14.5 Å². The summed E-state index contributed by atoms with van der Waals surface area (Å²) < 4.78 is 12.7. The summed E-state index contributed by atoms with van der Waals surface area (Å²) in [6, 6.07) is 26.1. The zero-order valence-corrected chi connectivity index (χ0v) is 21.0. The van der Waals surface area contributed by atoms with Gasteiger partial charge in [0.2, 0.25) is 0 Å². The number of methoxy groups -OCH3 is 2. The first-order chi connectivity index (χ1) is 17.6. The molecule has 3 aromatic carbocycles. The highest BCUT2D eigenvalue weighted by Crippen LogP contribution is 2.30. The average molecular weight is 482 g/mol. The van der Waals surface area contributed by atoms with Gasteiger partial charge in [0.25, 0.3) is 5.56 Å². The molecule has 5 rings (SSSR count). The van der Waals surface area contributed by atoms with E-state index in [2.05, 4.69) is 29.2 Å². The van der Waals surface area contributed by atoms with Gasteiger partial charge in [-0.2, -0.15) is 0 Å². The van der Waals surface area contributed by atoms with Gasteiger partial charge in [-0.1, -0.05) is 66.7 Å². The van der Waals surface area contributed by atoms with E-state index in [-0.39, 0.29) is 11.6 Å². The Morgan fingerprint density at radius 1 is 0.889 bits per heavy atom. The van der Waals surface area contributed by atoms with Crippen molar-refractivity contribution in [1.82, 2.24) is 14.5 Å². The van der Waals surface area contributed by atoms with E-state index in [1.807, 2.05) is 66.1 Å². The fourth-order valence-electron chi connectivity index (χ4n) is 5.10. The summed E-state index contributed by atoms with van der Waals surface area (Å²) in [7, 11) is 3.28. The quantitative estimate of drug-likeness (QED) is 0.381. The lowest BCUT2D eigenvalue weighted by Crippen LogP contribution is -2.40. The molecular formula is C30H31N3O3. The molecule has 0 saturated carbocycles. The Morgan fingerprint density at radius 3 is 2.14 bits per heavy atom. The van der Waals surface area contributed by atoms with Crippen molar-refractivity contribution in [3.63, 3.8) is 0 Å². The molecule has 0 bridgehead atoms. The maximum Gasteiger partial charge on any atom is 0.259 e. The molecule has 0 radical (unpaired) electrons. The zero-order chi connectivity index (χ0) is 25.1. The molecule has 0 N–H and O–H groups in total. The molecule has 0 amide bonds.